The van der Waals surface area contributed by atoms with Crippen LogP contribution in [0.3, 0.4) is 0 Å². The van der Waals surface area contributed by atoms with Crippen LogP contribution in [0.1, 0.15) is 0 Å². The fraction of sp³-hybridized carbons (Fsp3) is 0.286. The van der Waals surface area contributed by atoms with Crippen molar-refractivity contribution in [3.05, 3.63) is 22.2 Å². The van der Waals surface area contributed by atoms with Crippen LogP contribution in [0, 0.1) is 0 Å². The highest BCUT2D eigenvalue weighted by Gasteiger charge is 2.47. The van der Waals surface area contributed by atoms with E-state index in [9.17, 15) is 0 Å². The van der Waals surface area contributed by atoms with Gasteiger partial charge in [-0.05, 0) is 12.1 Å². The first-order chi connectivity index (χ1) is 10.6. The lowest BCUT2D eigenvalue weighted by molar-refractivity contribution is 0.212. The van der Waals surface area contributed by atoms with E-state index in [1.54, 1.807) is 12.1 Å². The van der Waals surface area contributed by atoms with E-state index in [1.165, 1.54) is 0 Å². The summed E-state index contributed by atoms with van der Waals surface area (Å²) in [6.07, 6.45) is 0. The highest BCUT2D eigenvalue weighted by Crippen LogP contribution is 2.42. The lowest BCUT2D eigenvalue weighted by Gasteiger charge is -2.56. The number of halogens is 2. The van der Waals surface area contributed by atoms with Crippen LogP contribution < -0.4 is 16.0 Å². The largest absolute Gasteiger partial charge is 0.450 e. The summed E-state index contributed by atoms with van der Waals surface area (Å²) in [5.41, 5.74) is 7.75. The summed E-state index contributed by atoms with van der Waals surface area (Å²) in [6, 6.07) is 4.48. The molecule has 2 aromatic heterocycles. The van der Waals surface area contributed by atoms with Crippen molar-refractivity contribution in [1.82, 2.24) is 15.3 Å². The first-order valence-electron chi connectivity index (χ1n) is 6.97. The Balaban J connectivity index is 1.82. The second-order valence-electron chi connectivity index (χ2n) is 5.65. The molecule has 0 amide bonds. The second-order valence-corrected chi connectivity index (χ2v) is 6.44. The van der Waals surface area contributed by atoms with E-state index in [-0.39, 0.29) is 5.95 Å². The number of fused-ring (bicyclic) bond motifs is 4. The molecule has 3 N–H and O–H groups in total. The molecular weight excluding hydrogens is 325 g/mol. The predicted octanol–water partition coefficient (Wildman–Crippen LogP) is 2.43. The van der Waals surface area contributed by atoms with Crippen LogP contribution in [0.5, 0.6) is 0 Å². The average molecular weight is 336 g/mol. The number of nitrogens with two attached hydrogens (primary N) is 1. The van der Waals surface area contributed by atoms with Crippen LogP contribution in [0.2, 0.25) is 10.0 Å². The number of anilines is 2. The van der Waals surface area contributed by atoms with Gasteiger partial charge in [0.25, 0.3) is 0 Å². The Morgan fingerprint density at radius 1 is 1.32 bits per heavy atom. The number of piperazine rings is 1. The molecule has 0 aliphatic carbocycles. The molecule has 4 heterocycles. The van der Waals surface area contributed by atoms with E-state index in [4.69, 9.17) is 33.4 Å². The van der Waals surface area contributed by atoms with Crippen LogP contribution in [0.4, 0.5) is 11.8 Å². The number of hydrogen-bond acceptors (Lipinski definition) is 6. The SMILES string of the molecule is Nc1nc(N2C[C@@H]3NCC32)c2oc3ccc(Cl)c(Cl)c3c2n1. The molecule has 2 atom stereocenters. The molecule has 3 aromatic rings. The van der Waals surface area contributed by atoms with Crippen molar-refractivity contribution in [3.8, 4) is 0 Å². The van der Waals surface area contributed by atoms with Gasteiger partial charge in [-0.25, -0.2) is 4.98 Å². The fourth-order valence-electron chi connectivity index (χ4n) is 3.22. The minimum absolute atomic E-state index is 0.206. The predicted molar refractivity (Wildman–Crippen MR) is 86.7 cm³/mol. The molecule has 2 aliphatic heterocycles. The van der Waals surface area contributed by atoms with Gasteiger partial charge >= 0.3 is 0 Å². The van der Waals surface area contributed by atoms with Gasteiger partial charge in [-0.3, -0.25) is 0 Å². The van der Waals surface area contributed by atoms with Crippen molar-refractivity contribution in [2.45, 2.75) is 12.1 Å². The molecule has 6 nitrogen and oxygen atoms in total. The Morgan fingerprint density at radius 3 is 2.86 bits per heavy atom. The molecule has 22 heavy (non-hydrogen) atoms. The molecule has 112 valence electrons. The van der Waals surface area contributed by atoms with Crippen LogP contribution in [0.25, 0.3) is 22.1 Å². The molecule has 1 unspecified atom stereocenters. The second kappa shape index (κ2) is 4.16. The van der Waals surface area contributed by atoms with Gasteiger partial charge in [-0.2, -0.15) is 4.98 Å². The van der Waals surface area contributed by atoms with Crippen LogP contribution in [-0.2, 0) is 0 Å². The lowest BCUT2D eigenvalue weighted by Crippen LogP contribution is -2.78. The van der Waals surface area contributed by atoms with Crippen molar-refractivity contribution in [3.63, 3.8) is 0 Å². The van der Waals surface area contributed by atoms with E-state index in [2.05, 4.69) is 20.2 Å². The Labute approximate surface area is 135 Å². The van der Waals surface area contributed by atoms with Crippen molar-refractivity contribution in [2.75, 3.05) is 23.7 Å². The molecule has 2 fully saturated rings. The summed E-state index contributed by atoms with van der Waals surface area (Å²) in [7, 11) is 0. The van der Waals surface area contributed by atoms with E-state index in [0.717, 1.165) is 18.9 Å². The average Bonchev–Trinajstić information content (AvgIpc) is 2.84. The number of benzene rings is 1. The Morgan fingerprint density at radius 2 is 2.18 bits per heavy atom. The normalized spacial score (nSPS) is 23.5. The molecule has 0 saturated carbocycles. The first-order valence-corrected chi connectivity index (χ1v) is 7.73. The zero-order valence-electron chi connectivity index (χ0n) is 11.3. The molecule has 2 aliphatic rings. The van der Waals surface area contributed by atoms with E-state index in [0.29, 0.717) is 44.2 Å². The number of hydrogen-bond donors (Lipinski definition) is 2. The van der Waals surface area contributed by atoms with Crippen molar-refractivity contribution in [2.24, 2.45) is 0 Å². The van der Waals surface area contributed by atoms with Gasteiger partial charge in [0.2, 0.25) is 5.95 Å². The Bertz CT molecular complexity index is 940. The minimum atomic E-state index is 0.206. The van der Waals surface area contributed by atoms with Gasteiger partial charge < -0.3 is 20.4 Å². The monoisotopic (exact) mass is 335 g/mol. The molecule has 0 spiro atoms. The van der Waals surface area contributed by atoms with Gasteiger partial charge in [0.1, 0.15) is 11.1 Å². The maximum atomic E-state index is 6.32. The standard InChI is InChI=1S/C14H11Cl2N5O/c15-5-1-2-8-9(10(5)16)11-12(22-8)13(20-14(17)19-11)21-4-6-7(21)3-18-6/h1-2,6-7,18H,3-4H2,(H2,17,19,20)/t6-,7?/m0/s1. The highest BCUT2D eigenvalue weighted by molar-refractivity contribution is 6.46. The van der Waals surface area contributed by atoms with Gasteiger partial charge in [0.15, 0.2) is 11.4 Å². The summed E-state index contributed by atoms with van der Waals surface area (Å²) in [4.78, 5) is 10.9. The smallest absolute Gasteiger partial charge is 0.222 e. The third kappa shape index (κ3) is 1.49. The van der Waals surface area contributed by atoms with Gasteiger partial charge in [0.05, 0.1) is 21.5 Å². The molecule has 1 aromatic carbocycles. The summed E-state index contributed by atoms with van der Waals surface area (Å²) in [5, 5.41) is 4.93. The minimum Gasteiger partial charge on any atom is -0.450 e. The quantitative estimate of drug-likeness (QED) is 0.710. The fourth-order valence-corrected chi connectivity index (χ4v) is 3.62. The van der Waals surface area contributed by atoms with Crippen molar-refractivity contribution < 1.29 is 4.42 Å². The lowest BCUT2D eigenvalue weighted by atomic mass is 9.89. The number of nitrogens with zero attached hydrogens (tertiary/aromatic N) is 3. The first kappa shape index (κ1) is 12.8. The van der Waals surface area contributed by atoms with Crippen molar-refractivity contribution >= 4 is 57.0 Å². The number of nitrogens with one attached hydrogen (secondary N) is 1. The molecule has 5 rings (SSSR count). The van der Waals surface area contributed by atoms with Gasteiger partial charge in [-0.15, -0.1) is 0 Å². The number of nitrogen functional groups attached to an aromatic ring is 1. The zero-order valence-corrected chi connectivity index (χ0v) is 12.8. The summed E-state index contributed by atoms with van der Waals surface area (Å²) in [6.45, 7) is 1.84. The topological polar surface area (TPSA) is 80.2 Å². The van der Waals surface area contributed by atoms with Crippen LogP contribution in [-0.4, -0.2) is 35.1 Å². The summed E-state index contributed by atoms with van der Waals surface area (Å²) in [5.74, 6) is 0.936. The van der Waals surface area contributed by atoms with Crippen LogP contribution >= 0.6 is 23.2 Å². The van der Waals surface area contributed by atoms with E-state index in [1.807, 2.05) is 0 Å². The van der Waals surface area contributed by atoms with Crippen LogP contribution in [0.15, 0.2) is 16.5 Å². The third-order valence-electron chi connectivity index (χ3n) is 4.49. The van der Waals surface area contributed by atoms with Gasteiger partial charge in [-0.1, -0.05) is 23.2 Å². The molecule has 0 radical (unpaired) electrons. The summed E-state index contributed by atoms with van der Waals surface area (Å²) >= 11 is 12.4. The maximum absolute atomic E-state index is 6.32. The number of aromatic nitrogens is 2. The molecule has 0 bridgehead atoms. The van der Waals surface area contributed by atoms with E-state index >= 15 is 0 Å². The maximum Gasteiger partial charge on any atom is 0.222 e. The molecule has 8 heteroatoms. The zero-order chi connectivity index (χ0) is 15.0. The Kier molecular flexibility index (Phi) is 2.41. The number of rotatable bonds is 1. The van der Waals surface area contributed by atoms with E-state index < -0.39 is 0 Å². The van der Waals surface area contributed by atoms with Gasteiger partial charge in [0, 0.05) is 19.1 Å². The molecular formula is C14H11Cl2N5O. The third-order valence-corrected chi connectivity index (χ3v) is 5.29. The molecule has 2 saturated heterocycles. The Hall–Kier alpha value is -1.76. The highest BCUT2D eigenvalue weighted by atomic mass is 35.5. The summed E-state index contributed by atoms with van der Waals surface area (Å²) < 4.78 is 5.95. The van der Waals surface area contributed by atoms with Crippen molar-refractivity contribution in [1.29, 1.82) is 0 Å². The number of furan rings is 1.